The molecule has 0 bridgehead atoms. The highest BCUT2D eigenvalue weighted by atomic mass is 35.5. The number of carbonyl (C=O) groups excluding carboxylic acids is 1. The normalized spacial score (nSPS) is 27.0. The van der Waals surface area contributed by atoms with Crippen LogP contribution < -0.4 is 0 Å². The molecule has 1 saturated carbocycles. The molecule has 0 spiro atoms. The van der Waals surface area contributed by atoms with Gasteiger partial charge in [0.25, 0.3) is 0 Å². The third kappa shape index (κ3) is 2.22. The Bertz CT molecular complexity index is 883. The first-order chi connectivity index (χ1) is 12.1. The van der Waals surface area contributed by atoms with Crippen molar-refractivity contribution in [3.63, 3.8) is 0 Å². The van der Waals surface area contributed by atoms with Crippen LogP contribution in [-0.4, -0.2) is 12.6 Å². The predicted octanol–water partition coefficient (Wildman–Crippen LogP) is 3.97. The van der Waals surface area contributed by atoms with Crippen molar-refractivity contribution in [2.75, 3.05) is 6.61 Å². The lowest BCUT2D eigenvalue weighted by molar-refractivity contribution is -0.148. The highest BCUT2D eigenvalue weighted by Crippen LogP contribution is 2.74. The Morgan fingerprint density at radius 3 is 2.28 bits per heavy atom. The van der Waals surface area contributed by atoms with Crippen LogP contribution >= 0.6 is 11.6 Å². The van der Waals surface area contributed by atoms with E-state index in [0.717, 1.165) is 5.56 Å². The Balaban J connectivity index is 2.23. The second-order valence-electron chi connectivity index (χ2n) is 5.91. The van der Waals surface area contributed by atoms with Crippen molar-refractivity contribution < 1.29 is 9.53 Å². The zero-order valence-corrected chi connectivity index (χ0v) is 14.3. The third-order valence-corrected chi connectivity index (χ3v) is 5.04. The molecule has 1 aliphatic rings. The van der Waals surface area contributed by atoms with Gasteiger partial charge in [0.05, 0.1) is 18.7 Å². The molecule has 3 atom stereocenters. The summed E-state index contributed by atoms with van der Waals surface area (Å²) in [6.07, 6.45) is 0. The van der Waals surface area contributed by atoms with Crippen LogP contribution in [0.25, 0.3) is 0 Å². The largest absolute Gasteiger partial charge is 0.465 e. The fraction of sp³-hybridized carbons (Fsp3) is 0.250. The molecule has 2 aromatic rings. The number of esters is 1. The van der Waals surface area contributed by atoms with Crippen LogP contribution in [0.1, 0.15) is 24.0 Å². The fourth-order valence-corrected chi connectivity index (χ4v) is 3.79. The van der Waals surface area contributed by atoms with Crippen molar-refractivity contribution in [2.24, 2.45) is 5.41 Å². The molecular weight excluding hydrogens is 336 g/mol. The van der Waals surface area contributed by atoms with Gasteiger partial charge in [0, 0.05) is 10.9 Å². The van der Waals surface area contributed by atoms with Crippen molar-refractivity contribution in [1.29, 1.82) is 10.5 Å². The van der Waals surface area contributed by atoms with E-state index in [0.29, 0.717) is 10.6 Å². The van der Waals surface area contributed by atoms with E-state index in [1.165, 1.54) is 0 Å². The molecule has 0 unspecified atom stereocenters. The molecule has 5 heteroatoms. The smallest absolute Gasteiger partial charge is 0.329 e. The first kappa shape index (κ1) is 17.0. The number of hydrogen-bond acceptors (Lipinski definition) is 4. The molecule has 0 aromatic heterocycles. The van der Waals surface area contributed by atoms with Crippen LogP contribution in [0.5, 0.6) is 0 Å². The van der Waals surface area contributed by atoms with Gasteiger partial charge in [-0.25, -0.2) is 0 Å². The summed E-state index contributed by atoms with van der Waals surface area (Å²) in [6.45, 7) is 1.82. The van der Waals surface area contributed by atoms with Gasteiger partial charge in [0.1, 0.15) is 5.41 Å². The first-order valence-electron chi connectivity index (χ1n) is 7.89. The van der Waals surface area contributed by atoms with Crippen LogP contribution in [0.3, 0.4) is 0 Å². The third-order valence-electron chi connectivity index (χ3n) is 4.79. The summed E-state index contributed by atoms with van der Waals surface area (Å²) < 4.78 is 5.18. The minimum atomic E-state index is -1.58. The number of carbonyl (C=O) groups is 1. The van der Waals surface area contributed by atoms with Gasteiger partial charge in [-0.1, -0.05) is 54.1 Å². The Morgan fingerprint density at radius 2 is 1.76 bits per heavy atom. The Hall–Kier alpha value is -2.82. The van der Waals surface area contributed by atoms with E-state index in [2.05, 4.69) is 12.1 Å². The molecule has 0 radical (unpaired) electrons. The van der Waals surface area contributed by atoms with E-state index in [1.54, 1.807) is 31.2 Å². The summed E-state index contributed by atoms with van der Waals surface area (Å²) in [5, 5.41) is 20.5. The monoisotopic (exact) mass is 350 g/mol. The maximum absolute atomic E-state index is 12.7. The minimum absolute atomic E-state index is 0.145. The molecule has 4 nitrogen and oxygen atoms in total. The maximum atomic E-state index is 12.7. The summed E-state index contributed by atoms with van der Waals surface area (Å²) in [5.41, 5.74) is -1.54. The van der Waals surface area contributed by atoms with Gasteiger partial charge < -0.3 is 4.74 Å². The summed E-state index contributed by atoms with van der Waals surface area (Å²) in [6, 6.07) is 20.2. The van der Waals surface area contributed by atoms with Crippen molar-refractivity contribution in [1.82, 2.24) is 0 Å². The summed E-state index contributed by atoms with van der Waals surface area (Å²) in [5.74, 6) is -1.26. The fourth-order valence-electron chi connectivity index (χ4n) is 3.67. The van der Waals surface area contributed by atoms with Crippen LogP contribution in [0.4, 0.5) is 0 Å². The summed E-state index contributed by atoms with van der Waals surface area (Å²) >= 11 is 5.96. The van der Waals surface area contributed by atoms with E-state index in [9.17, 15) is 15.3 Å². The van der Waals surface area contributed by atoms with Crippen LogP contribution in [-0.2, 0) is 14.9 Å². The van der Waals surface area contributed by atoms with Gasteiger partial charge in [-0.15, -0.1) is 0 Å². The first-order valence-corrected chi connectivity index (χ1v) is 8.27. The lowest BCUT2D eigenvalue weighted by atomic mass is 9.87. The molecule has 1 aliphatic carbocycles. The second kappa shape index (κ2) is 6.24. The standard InChI is InChI=1S/C20H15ClN2O2/c1-2-25-18(24)20(13-23)17(14-6-4-3-5-7-14)19(20,12-22)15-8-10-16(21)11-9-15/h3-11,17H,2H2,1H3/t17-,19+,20-/m1/s1. The lowest BCUT2D eigenvalue weighted by Crippen LogP contribution is -2.26. The molecule has 0 amide bonds. The predicted molar refractivity (Wildman–Crippen MR) is 92.6 cm³/mol. The minimum Gasteiger partial charge on any atom is -0.465 e. The Morgan fingerprint density at radius 1 is 1.12 bits per heavy atom. The van der Waals surface area contributed by atoms with E-state index in [4.69, 9.17) is 16.3 Å². The van der Waals surface area contributed by atoms with Gasteiger partial charge >= 0.3 is 5.97 Å². The maximum Gasteiger partial charge on any atom is 0.329 e. The molecule has 2 aromatic carbocycles. The van der Waals surface area contributed by atoms with Crippen molar-refractivity contribution in [3.05, 3.63) is 70.7 Å². The average Bonchev–Trinajstić information content (AvgIpc) is 3.28. The molecule has 25 heavy (non-hydrogen) atoms. The molecule has 0 aliphatic heterocycles. The van der Waals surface area contributed by atoms with E-state index < -0.39 is 22.7 Å². The number of halogens is 1. The number of hydrogen-bond donors (Lipinski definition) is 0. The Labute approximate surface area is 151 Å². The number of rotatable bonds is 4. The highest BCUT2D eigenvalue weighted by Gasteiger charge is 2.84. The van der Waals surface area contributed by atoms with Crippen molar-refractivity contribution >= 4 is 17.6 Å². The lowest BCUT2D eigenvalue weighted by Gasteiger charge is -2.13. The zero-order valence-electron chi connectivity index (χ0n) is 13.6. The summed E-state index contributed by atoms with van der Waals surface area (Å²) in [7, 11) is 0. The highest BCUT2D eigenvalue weighted by molar-refractivity contribution is 6.30. The number of nitriles is 2. The zero-order chi connectivity index (χ0) is 18.1. The Kier molecular flexibility index (Phi) is 4.25. The molecule has 0 heterocycles. The van der Waals surface area contributed by atoms with Crippen molar-refractivity contribution in [3.8, 4) is 12.1 Å². The quantitative estimate of drug-likeness (QED) is 0.782. The molecule has 0 saturated heterocycles. The van der Waals surface area contributed by atoms with Crippen LogP contribution in [0.15, 0.2) is 54.6 Å². The molecule has 3 rings (SSSR count). The number of benzene rings is 2. The molecular formula is C20H15ClN2O2. The number of ether oxygens (including phenoxy) is 1. The second-order valence-corrected chi connectivity index (χ2v) is 6.35. The van der Waals surface area contributed by atoms with E-state index >= 15 is 0 Å². The topological polar surface area (TPSA) is 73.9 Å². The number of nitrogens with zero attached hydrogens (tertiary/aromatic N) is 2. The summed E-state index contributed by atoms with van der Waals surface area (Å²) in [4.78, 5) is 12.7. The SMILES string of the molecule is CCOC(=O)[C@@]1(C#N)[C@H](c2ccccc2)[C@]1(C#N)c1ccc(Cl)cc1. The van der Waals surface area contributed by atoms with Gasteiger partial charge in [-0.3, -0.25) is 4.79 Å². The van der Waals surface area contributed by atoms with Gasteiger partial charge in [-0.05, 0) is 30.2 Å². The van der Waals surface area contributed by atoms with Gasteiger partial charge in [-0.2, -0.15) is 10.5 Å². The van der Waals surface area contributed by atoms with Gasteiger partial charge in [0.2, 0.25) is 0 Å². The van der Waals surface area contributed by atoms with Gasteiger partial charge in [0.15, 0.2) is 5.41 Å². The van der Waals surface area contributed by atoms with Crippen LogP contribution in [0, 0.1) is 28.1 Å². The van der Waals surface area contributed by atoms with E-state index in [-0.39, 0.29) is 6.61 Å². The van der Waals surface area contributed by atoms with Crippen molar-refractivity contribution in [2.45, 2.75) is 18.3 Å². The van der Waals surface area contributed by atoms with E-state index in [1.807, 2.05) is 30.3 Å². The van der Waals surface area contributed by atoms with Crippen LogP contribution in [0.2, 0.25) is 5.02 Å². The molecule has 0 N–H and O–H groups in total. The average molecular weight is 351 g/mol. The molecule has 124 valence electrons. The molecule has 1 fully saturated rings.